The fourth-order valence-electron chi connectivity index (χ4n) is 3.08. The molecule has 0 aliphatic carbocycles. The third-order valence-electron chi connectivity index (χ3n) is 4.51. The van der Waals surface area contributed by atoms with Gasteiger partial charge in [-0.15, -0.1) is 23.1 Å². The number of nitrogens with one attached hydrogen (secondary N) is 1. The van der Waals surface area contributed by atoms with Gasteiger partial charge >= 0.3 is 0 Å². The highest BCUT2D eigenvalue weighted by Gasteiger charge is 2.16. The number of carbonyl (C=O) groups excluding carboxylic acids is 1. The lowest BCUT2D eigenvalue weighted by Gasteiger charge is -2.07. The van der Waals surface area contributed by atoms with Gasteiger partial charge in [0.1, 0.15) is 5.75 Å². The number of hydrogen-bond acceptors (Lipinski definition) is 8. The van der Waals surface area contributed by atoms with Crippen molar-refractivity contribution in [1.82, 2.24) is 15.1 Å². The Morgan fingerprint density at radius 2 is 1.91 bits per heavy atom. The molecular weight excluding hydrogens is 444 g/mol. The van der Waals surface area contributed by atoms with Crippen LogP contribution in [0.2, 0.25) is 0 Å². The Morgan fingerprint density at radius 3 is 2.62 bits per heavy atom. The van der Waals surface area contributed by atoms with Crippen LogP contribution in [0.4, 0.5) is 5.13 Å². The largest absolute Gasteiger partial charge is 0.494 e. The number of ether oxygens (including phenoxy) is 1. The first-order valence-corrected chi connectivity index (χ1v) is 11.9. The second kappa shape index (κ2) is 9.97. The third kappa shape index (κ3) is 5.17. The van der Waals surface area contributed by atoms with Crippen LogP contribution in [0, 0.1) is 13.8 Å². The summed E-state index contributed by atoms with van der Waals surface area (Å²) in [5, 5.41) is 7.30. The molecule has 1 amide bonds. The summed E-state index contributed by atoms with van der Waals surface area (Å²) in [6, 6.07) is 15.2. The Morgan fingerprint density at radius 1 is 1.12 bits per heavy atom. The maximum atomic E-state index is 13.0. The number of thiazole rings is 1. The van der Waals surface area contributed by atoms with Crippen LogP contribution >= 0.6 is 23.1 Å². The summed E-state index contributed by atoms with van der Waals surface area (Å²) >= 11 is 2.93. The van der Waals surface area contributed by atoms with Gasteiger partial charge in [-0.2, -0.15) is 4.98 Å². The number of aryl methyl sites for hydroxylation is 2. The maximum Gasteiger partial charge on any atom is 0.258 e. The smallest absolute Gasteiger partial charge is 0.258 e. The first kappa shape index (κ1) is 22.0. The van der Waals surface area contributed by atoms with Gasteiger partial charge in [0.25, 0.3) is 5.91 Å². The summed E-state index contributed by atoms with van der Waals surface area (Å²) in [7, 11) is 0. The van der Waals surface area contributed by atoms with E-state index >= 15 is 0 Å². The van der Waals surface area contributed by atoms with Crippen molar-refractivity contribution in [3.8, 4) is 17.0 Å². The number of anilines is 1. The van der Waals surface area contributed by atoms with Crippen LogP contribution in [-0.2, 0) is 5.75 Å². The minimum atomic E-state index is -0.207. The Hall–Kier alpha value is -3.17. The minimum absolute atomic E-state index is 0.207. The number of nitrogens with zero attached hydrogens (tertiary/aromatic N) is 3. The topological polar surface area (TPSA) is 90.1 Å². The van der Waals surface area contributed by atoms with E-state index in [9.17, 15) is 4.79 Å². The molecule has 0 spiro atoms. The van der Waals surface area contributed by atoms with Gasteiger partial charge in [-0.05, 0) is 57.2 Å². The van der Waals surface area contributed by atoms with Gasteiger partial charge in [0, 0.05) is 15.3 Å². The molecule has 0 aliphatic heterocycles. The van der Waals surface area contributed by atoms with E-state index in [1.807, 2.05) is 56.3 Å². The molecule has 7 nitrogen and oxygen atoms in total. The van der Waals surface area contributed by atoms with E-state index in [1.54, 1.807) is 13.0 Å². The fourth-order valence-corrected chi connectivity index (χ4v) is 4.79. The van der Waals surface area contributed by atoms with E-state index < -0.39 is 0 Å². The van der Waals surface area contributed by atoms with Crippen molar-refractivity contribution < 1.29 is 14.1 Å². The molecule has 1 N–H and O–H groups in total. The zero-order chi connectivity index (χ0) is 22.5. The van der Waals surface area contributed by atoms with Crippen LogP contribution < -0.4 is 10.1 Å². The van der Waals surface area contributed by atoms with E-state index in [0.29, 0.717) is 34.8 Å². The molecule has 2 aromatic heterocycles. The van der Waals surface area contributed by atoms with Crippen LogP contribution in [-0.4, -0.2) is 27.6 Å². The number of thioether (sulfide) groups is 1. The van der Waals surface area contributed by atoms with Crippen molar-refractivity contribution in [2.24, 2.45) is 0 Å². The molecule has 0 fully saturated rings. The van der Waals surface area contributed by atoms with Crippen molar-refractivity contribution in [2.75, 3.05) is 11.9 Å². The molecule has 0 radical (unpaired) electrons. The molecule has 2 heterocycles. The summed E-state index contributed by atoms with van der Waals surface area (Å²) in [6.45, 7) is 6.35. The number of carbonyl (C=O) groups is 1. The maximum absolute atomic E-state index is 13.0. The zero-order valence-electron chi connectivity index (χ0n) is 17.9. The lowest BCUT2D eigenvalue weighted by molar-refractivity contribution is 0.102. The van der Waals surface area contributed by atoms with Crippen LogP contribution in [0.25, 0.3) is 11.3 Å². The molecule has 0 atom stereocenters. The Kier molecular flexibility index (Phi) is 6.87. The lowest BCUT2D eigenvalue weighted by atomic mass is 10.1. The predicted octanol–water partition coefficient (Wildman–Crippen LogP) is 5.75. The van der Waals surface area contributed by atoms with E-state index in [4.69, 9.17) is 9.26 Å². The summed E-state index contributed by atoms with van der Waals surface area (Å²) in [4.78, 5) is 23.7. The Labute approximate surface area is 194 Å². The second-order valence-electron chi connectivity index (χ2n) is 6.86. The predicted molar refractivity (Wildman–Crippen MR) is 126 cm³/mol. The lowest BCUT2D eigenvalue weighted by Crippen LogP contribution is -2.12. The Balaban J connectivity index is 1.48. The average Bonchev–Trinajstić information content (AvgIpc) is 3.38. The quantitative estimate of drug-likeness (QED) is 0.331. The van der Waals surface area contributed by atoms with Gasteiger partial charge in [0.15, 0.2) is 11.0 Å². The van der Waals surface area contributed by atoms with Gasteiger partial charge in [-0.3, -0.25) is 10.1 Å². The van der Waals surface area contributed by atoms with E-state index in [1.165, 1.54) is 23.1 Å². The Bertz CT molecular complexity index is 1220. The van der Waals surface area contributed by atoms with Gasteiger partial charge in [-0.1, -0.05) is 17.3 Å². The zero-order valence-corrected chi connectivity index (χ0v) is 19.5. The molecule has 0 unspecified atom stereocenters. The fraction of sp³-hybridized carbons (Fsp3) is 0.217. The molecule has 0 aliphatic rings. The third-order valence-corrected chi connectivity index (χ3v) is 6.45. The SMILES string of the molecule is CCOc1ccc(-c2nc(NC(=O)c3ccccc3SCc3nc(C)no3)sc2C)cc1. The van der Waals surface area contributed by atoms with E-state index in [0.717, 1.165) is 26.8 Å². The molecule has 0 saturated heterocycles. The van der Waals surface area contributed by atoms with Gasteiger partial charge in [0.05, 0.1) is 23.6 Å². The van der Waals surface area contributed by atoms with Crippen LogP contribution in [0.3, 0.4) is 0 Å². The van der Waals surface area contributed by atoms with Gasteiger partial charge in [0.2, 0.25) is 5.89 Å². The van der Waals surface area contributed by atoms with Crippen molar-refractivity contribution in [1.29, 1.82) is 0 Å². The molecule has 0 saturated carbocycles. The summed E-state index contributed by atoms with van der Waals surface area (Å²) in [5.74, 6) is 2.22. The van der Waals surface area contributed by atoms with Gasteiger partial charge < -0.3 is 9.26 Å². The molecule has 4 aromatic rings. The number of aromatic nitrogens is 3. The van der Waals surface area contributed by atoms with Crippen LogP contribution in [0.15, 0.2) is 57.9 Å². The average molecular weight is 467 g/mol. The highest BCUT2D eigenvalue weighted by atomic mass is 32.2. The van der Waals surface area contributed by atoms with Gasteiger partial charge in [-0.25, -0.2) is 4.98 Å². The molecule has 2 aromatic carbocycles. The highest BCUT2D eigenvalue weighted by Crippen LogP contribution is 2.32. The molecular formula is C23H22N4O3S2. The van der Waals surface area contributed by atoms with Crippen molar-refractivity contribution >= 4 is 34.1 Å². The summed E-state index contributed by atoms with van der Waals surface area (Å²) in [5.41, 5.74) is 2.40. The second-order valence-corrected chi connectivity index (χ2v) is 9.08. The number of rotatable bonds is 8. The minimum Gasteiger partial charge on any atom is -0.494 e. The first-order chi connectivity index (χ1) is 15.5. The van der Waals surface area contributed by atoms with Crippen molar-refractivity contribution in [3.05, 3.63) is 70.7 Å². The van der Waals surface area contributed by atoms with Crippen molar-refractivity contribution in [3.63, 3.8) is 0 Å². The molecule has 32 heavy (non-hydrogen) atoms. The first-order valence-electron chi connectivity index (χ1n) is 10.1. The molecule has 4 rings (SSSR count). The number of amides is 1. The van der Waals surface area contributed by atoms with Crippen LogP contribution in [0.5, 0.6) is 5.75 Å². The number of benzene rings is 2. The van der Waals surface area contributed by atoms with E-state index in [2.05, 4.69) is 20.4 Å². The molecule has 9 heteroatoms. The normalized spacial score (nSPS) is 10.8. The standard InChI is InChI=1S/C23H22N4O3S2/c1-4-29-17-11-9-16(10-12-17)21-14(2)32-23(25-21)26-22(28)18-7-5-6-8-19(18)31-13-20-24-15(3)27-30-20/h5-12H,4,13H2,1-3H3,(H,25,26,28). The number of hydrogen-bond donors (Lipinski definition) is 1. The van der Waals surface area contributed by atoms with Crippen LogP contribution in [0.1, 0.15) is 33.9 Å². The molecule has 164 valence electrons. The summed E-state index contributed by atoms with van der Waals surface area (Å²) < 4.78 is 10.7. The summed E-state index contributed by atoms with van der Waals surface area (Å²) in [6.07, 6.45) is 0. The van der Waals surface area contributed by atoms with Crippen molar-refractivity contribution in [2.45, 2.75) is 31.4 Å². The highest BCUT2D eigenvalue weighted by molar-refractivity contribution is 7.98. The van der Waals surface area contributed by atoms with E-state index in [-0.39, 0.29) is 5.91 Å². The molecule has 0 bridgehead atoms. The monoisotopic (exact) mass is 466 g/mol.